The zero-order valence-electron chi connectivity index (χ0n) is 8.15. The lowest BCUT2D eigenvalue weighted by molar-refractivity contribution is 0.340. The Labute approximate surface area is 92.3 Å². The van der Waals surface area contributed by atoms with Crippen LogP contribution in [-0.2, 0) is 6.42 Å². The van der Waals surface area contributed by atoms with E-state index in [-0.39, 0.29) is 0 Å². The molecule has 0 spiro atoms. The van der Waals surface area contributed by atoms with Gasteiger partial charge in [0.15, 0.2) is 5.65 Å². The molecule has 4 nitrogen and oxygen atoms in total. The van der Waals surface area contributed by atoms with Crippen molar-refractivity contribution in [3.8, 4) is 0 Å². The summed E-state index contributed by atoms with van der Waals surface area (Å²) in [6, 6.07) is 3.75. The molecule has 1 aliphatic heterocycles. The van der Waals surface area contributed by atoms with Gasteiger partial charge in [0.1, 0.15) is 5.82 Å². The molecule has 0 radical (unpaired) electrons. The third-order valence-corrected chi connectivity index (χ3v) is 3.09. The van der Waals surface area contributed by atoms with E-state index in [1.54, 1.807) is 0 Å². The van der Waals surface area contributed by atoms with Crippen LogP contribution in [0.25, 0.3) is 5.65 Å². The Bertz CT molecular complexity index is 489. The number of fused-ring (bicyclic) bond motifs is 1. The van der Waals surface area contributed by atoms with Crippen molar-refractivity contribution in [2.45, 2.75) is 6.42 Å². The number of nitrogens with one attached hydrogen (secondary N) is 1. The summed E-state index contributed by atoms with van der Waals surface area (Å²) in [5.41, 5.74) is 0.751. The van der Waals surface area contributed by atoms with E-state index in [2.05, 4.69) is 15.5 Å². The maximum atomic E-state index is 6.02. The molecule has 1 N–H and O–H groups in total. The van der Waals surface area contributed by atoms with Gasteiger partial charge in [0.05, 0.1) is 5.02 Å². The first kappa shape index (κ1) is 9.12. The molecule has 1 saturated heterocycles. The van der Waals surface area contributed by atoms with E-state index in [9.17, 15) is 0 Å². The van der Waals surface area contributed by atoms with Gasteiger partial charge in [-0.15, -0.1) is 10.2 Å². The quantitative estimate of drug-likeness (QED) is 0.829. The molecule has 2 aromatic heterocycles. The second-order valence-electron chi connectivity index (χ2n) is 3.89. The van der Waals surface area contributed by atoms with E-state index in [0.29, 0.717) is 10.9 Å². The smallest absolute Gasteiger partial charge is 0.179 e. The molecule has 0 aromatic carbocycles. The number of pyridine rings is 1. The first-order valence-electron chi connectivity index (χ1n) is 5.03. The van der Waals surface area contributed by atoms with Gasteiger partial charge in [-0.2, -0.15) is 0 Å². The summed E-state index contributed by atoms with van der Waals surface area (Å²) < 4.78 is 1.97. The number of hydrogen-bond acceptors (Lipinski definition) is 3. The van der Waals surface area contributed by atoms with Gasteiger partial charge in [0, 0.05) is 12.6 Å². The highest BCUT2D eigenvalue weighted by atomic mass is 35.5. The van der Waals surface area contributed by atoms with Gasteiger partial charge in [-0.25, -0.2) is 0 Å². The van der Waals surface area contributed by atoms with Gasteiger partial charge in [-0.05, 0) is 31.1 Å². The van der Waals surface area contributed by atoms with E-state index < -0.39 is 0 Å². The van der Waals surface area contributed by atoms with E-state index in [4.69, 9.17) is 11.6 Å². The molecule has 78 valence electrons. The minimum Gasteiger partial charge on any atom is -0.316 e. The normalized spacial score (nSPS) is 16.9. The number of nitrogens with zero attached hydrogens (tertiary/aromatic N) is 3. The van der Waals surface area contributed by atoms with Gasteiger partial charge >= 0.3 is 0 Å². The predicted molar refractivity (Wildman–Crippen MR) is 58.1 cm³/mol. The first-order chi connectivity index (χ1) is 7.34. The van der Waals surface area contributed by atoms with Crippen molar-refractivity contribution in [3.63, 3.8) is 0 Å². The van der Waals surface area contributed by atoms with E-state index in [1.165, 1.54) is 0 Å². The third kappa shape index (κ3) is 1.50. The second kappa shape index (κ2) is 3.47. The number of aromatic nitrogens is 3. The average molecular weight is 223 g/mol. The Morgan fingerprint density at radius 3 is 3.07 bits per heavy atom. The second-order valence-corrected chi connectivity index (χ2v) is 4.30. The summed E-state index contributed by atoms with van der Waals surface area (Å²) in [4.78, 5) is 0. The van der Waals surface area contributed by atoms with Crippen LogP contribution >= 0.6 is 11.6 Å². The fourth-order valence-corrected chi connectivity index (χ4v) is 2.02. The van der Waals surface area contributed by atoms with Crippen LogP contribution in [0.4, 0.5) is 0 Å². The Kier molecular flexibility index (Phi) is 2.11. The van der Waals surface area contributed by atoms with Crippen LogP contribution in [0, 0.1) is 5.92 Å². The Balaban J connectivity index is 2.00. The average Bonchev–Trinajstić information content (AvgIpc) is 2.56. The Morgan fingerprint density at radius 1 is 1.47 bits per heavy atom. The molecular formula is C10H11ClN4. The Morgan fingerprint density at radius 2 is 2.33 bits per heavy atom. The number of halogens is 1. The van der Waals surface area contributed by atoms with Gasteiger partial charge in [-0.1, -0.05) is 11.6 Å². The van der Waals surface area contributed by atoms with E-state index in [0.717, 1.165) is 31.0 Å². The maximum Gasteiger partial charge on any atom is 0.179 e. The van der Waals surface area contributed by atoms with Crippen LogP contribution < -0.4 is 5.32 Å². The molecule has 0 bridgehead atoms. The monoisotopic (exact) mass is 222 g/mol. The summed E-state index contributed by atoms with van der Waals surface area (Å²) in [7, 11) is 0. The maximum absolute atomic E-state index is 6.02. The van der Waals surface area contributed by atoms with E-state index >= 15 is 0 Å². The summed E-state index contributed by atoms with van der Waals surface area (Å²) in [6.45, 7) is 2.16. The molecule has 1 aliphatic rings. The van der Waals surface area contributed by atoms with Crippen molar-refractivity contribution in [3.05, 3.63) is 29.2 Å². The van der Waals surface area contributed by atoms with Crippen LogP contribution in [0.15, 0.2) is 18.3 Å². The van der Waals surface area contributed by atoms with Crippen molar-refractivity contribution in [2.75, 3.05) is 13.1 Å². The summed E-state index contributed by atoms with van der Waals surface area (Å²) in [5, 5.41) is 12.2. The zero-order valence-corrected chi connectivity index (χ0v) is 8.91. The van der Waals surface area contributed by atoms with Crippen LogP contribution in [0.5, 0.6) is 0 Å². The fourth-order valence-electron chi connectivity index (χ4n) is 1.82. The van der Waals surface area contributed by atoms with Crippen LogP contribution in [0.1, 0.15) is 5.82 Å². The molecule has 5 heteroatoms. The SMILES string of the molecule is Clc1cccn2c(CC3CNC3)nnc12. The number of rotatable bonds is 2. The highest BCUT2D eigenvalue weighted by Crippen LogP contribution is 2.17. The van der Waals surface area contributed by atoms with Gasteiger partial charge in [0.25, 0.3) is 0 Å². The molecule has 2 aromatic rings. The predicted octanol–water partition coefficient (Wildman–Crippen LogP) is 1.14. The lowest BCUT2D eigenvalue weighted by atomic mass is 9.99. The highest BCUT2D eigenvalue weighted by Gasteiger charge is 2.20. The van der Waals surface area contributed by atoms with Crippen molar-refractivity contribution >= 4 is 17.2 Å². The zero-order chi connectivity index (χ0) is 10.3. The van der Waals surface area contributed by atoms with E-state index in [1.807, 2.05) is 22.7 Å². The Hall–Kier alpha value is -1.13. The highest BCUT2D eigenvalue weighted by molar-refractivity contribution is 6.33. The van der Waals surface area contributed by atoms with Gasteiger partial charge in [0.2, 0.25) is 0 Å². The fraction of sp³-hybridized carbons (Fsp3) is 0.400. The van der Waals surface area contributed by atoms with Crippen molar-refractivity contribution in [1.29, 1.82) is 0 Å². The minimum atomic E-state index is 0.656. The molecule has 0 unspecified atom stereocenters. The summed E-state index contributed by atoms with van der Waals surface area (Å²) >= 11 is 6.02. The molecule has 0 atom stereocenters. The molecule has 1 fully saturated rings. The topological polar surface area (TPSA) is 42.2 Å². The largest absolute Gasteiger partial charge is 0.316 e. The van der Waals surface area contributed by atoms with Crippen molar-refractivity contribution in [1.82, 2.24) is 19.9 Å². The van der Waals surface area contributed by atoms with Crippen LogP contribution in [0.2, 0.25) is 5.02 Å². The summed E-state index contributed by atoms with van der Waals surface area (Å²) in [5.74, 6) is 1.69. The van der Waals surface area contributed by atoms with Crippen molar-refractivity contribution in [2.24, 2.45) is 5.92 Å². The molecule has 0 amide bonds. The van der Waals surface area contributed by atoms with Gasteiger partial charge in [-0.3, -0.25) is 4.40 Å². The molecule has 3 rings (SSSR count). The standard InChI is InChI=1S/C10H11ClN4/c11-8-2-1-3-15-9(13-14-10(8)15)4-7-5-12-6-7/h1-3,7,12H,4-6H2. The minimum absolute atomic E-state index is 0.656. The molecule has 3 heterocycles. The lowest BCUT2D eigenvalue weighted by Gasteiger charge is -2.26. The van der Waals surface area contributed by atoms with Crippen LogP contribution in [-0.4, -0.2) is 27.7 Å². The van der Waals surface area contributed by atoms with Gasteiger partial charge < -0.3 is 5.32 Å². The molecule has 0 saturated carbocycles. The lowest BCUT2D eigenvalue weighted by Crippen LogP contribution is -2.43. The third-order valence-electron chi connectivity index (χ3n) is 2.79. The summed E-state index contributed by atoms with van der Waals surface area (Å²) in [6.07, 6.45) is 2.93. The molecular weight excluding hydrogens is 212 g/mol. The van der Waals surface area contributed by atoms with Crippen LogP contribution in [0.3, 0.4) is 0 Å². The molecule has 0 aliphatic carbocycles. The molecule has 15 heavy (non-hydrogen) atoms. The number of hydrogen-bond donors (Lipinski definition) is 1. The van der Waals surface area contributed by atoms with Crippen molar-refractivity contribution < 1.29 is 0 Å². The first-order valence-corrected chi connectivity index (χ1v) is 5.41.